The first kappa shape index (κ1) is 20.0. The Morgan fingerprint density at radius 1 is 1.10 bits per heavy atom. The molecule has 0 unspecified atom stereocenters. The van der Waals surface area contributed by atoms with Gasteiger partial charge < -0.3 is 23.5 Å². The van der Waals surface area contributed by atoms with Crippen LogP contribution in [0.5, 0.6) is 17.2 Å². The molecule has 3 aromatic rings. The van der Waals surface area contributed by atoms with E-state index in [1.54, 1.807) is 29.7 Å². The number of esters is 1. The number of ether oxygens (including phenoxy) is 4. The van der Waals surface area contributed by atoms with Crippen LogP contribution in [0.15, 0.2) is 41.4 Å². The third-order valence-corrected chi connectivity index (χ3v) is 5.42. The van der Waals surface area contributed by atoms with Crippen molar-refractivity contribution in [2.24, 2.45) is 4.99 Å². The van der Waals surface area contributed by atoms with E-state index in [9.17, 15) is 9.59 Å². The molecule has 0 aliphatic carbocycles. The molecule has 0 fully saturated rings. The second-order valence-corrected chi connectivity index (χ2v) is 7.33. The van der Waals surface area contributed by atoms with Crippen LogP contribution >= 0.6 is 11.3 Å². The molecule has 1 aromatic heterocycles. The van der Waals surface area contributed by atoms with Gasteiger partial charge in [-0.15, -0.1) is 0 Å². The molecule has 4 rings (SSSR count). The van der Waals surface area contributed by atoms with Gasteiger partial charge in [-0.1, -0.05) is 11.3 Å². The molecule has 1 amide bonds. The lowest BCUT2D eigenvalue weighted by Crippen LogP contribution is -2.23. The fraction of sp³-hybridized carbons (Fsp3) is 0.286. The summed E-state index contributed by atoms with van der Waals surface area (Å²) < 4.78 is 23.8. The summed E-state index contributed by atoms with van der Waals surface area (Å²) in [6.45, 7) is 4.55. The number of fused-ring (bicyclic) bond motifs is 2. The Hall–Kier alpha value is -3.33. The normalized spacial score (nSPS) is 12.9. The van der Waals surface area contributed by atoms with Crippen LogP contribution in [0.3, 0.4) is 0 Å². The van der Waals surface area contributed by atoms with Crippen molar-refractivity contribution in [1.82, 2.24) is 4.57 Å². The summed E-state index contributed by atoms with van der Waals surface area (Å²) in [5.41, 5.74) is 1.14. The van der Waals surface area contributed by atoms with E-state index in [1.165, 1.54) is 11.3 Å². The van der Waals surface area contributed by atoms with Gasteiger partial charge >= 0.3 is 5.97 Å². The fourth-order valence-corrected chi connectivity index (χ4v) is 4.12. The number of hydrogen-bond donors (Lipinski definition) is 0. The molecule has 0 N–H and O–H groups in total. The Balaban J connectivity index is 1.77. The Kier molecular flexibility index (Phi) is 5.71. The molecule has 2 aromatic carbocycles. The lowest BCUT2D eigenvalue weighted by molar-refractivity contribution is -0.143. The number of benzene rings is 2. The highest BCUT2D eigenvalue weighted by Crippen LogP contribution is 2.32. The SMILES string of the molecule is CCOC(=O)Cn1c(=NC(=O)c2ccc3c(c2)OCO3)sc2cc(OCC)ccc21. The molecule has 9 heteroatoms. The average molecular weight is 428 g/mol. The summed E-state index contributed by atoms with van der Waals surface area (Å²) >= 11 is 1.30. The van der Waals surface area contributed by atoms with Crippen LogP contribution in [-0.4, -0.2) is 36.5 Å². The number of rotatable bonds is 6. The van der Waals surface area contributed by atoms with Gasteiger partial charge in [0.15, 0.2) is 16.3 Å². The second-order valence-electron chi connectivity index (χ2n) is 6.32. The molecule has 2 heterocycles. The summed E-state index contributed by atoms with van der Waals surface area (Å²) in [7, 11) is 0. The molecule has 0 bridgehead atoms. The summed E-state index contributed by atoms with van der Waals surface area (Å²) in [5, 5.41) is 0. The molecule has 0 radical (unpaired) electrons. The van der Waals surface area contributed by atoms with E-state index in [2.05, 4.69) is 4.99 Å². The van der Waals surface area contributed by atoms with Crippen LogP contribution in [0.1, 0.15) is 24.2 Å². The highest BCUT2D eigenvalue weighted by atomic mass is 32.1. The van der Waals surface area contributed by atoms with Gasteiger partial charge in [0.25, 0.3) is 5.91 Å². The molecule has 0 atom stereocenters. The van der Waals surface area contributed by atoms with E-state index in [4.69, 9.17) is 18.9 Å². The van der Waals surface area contributed by atoms with Crippen molar-refractivity contribution < 1.29 is 28.5 Å². The Bertz CT molecular complexity index is 1180. The van der Waals surface area contributed by atoms with Crippen LogP contribution in [0.25, 0.3) is 10.2 Å². The van der Waals surface area contributed by atoms with Gasteiger partial charge in [0.05, 0.1) is 23.4 Å². The number of aromatic nitrogens is 1. The maximum absolute atomic E-state index is 12.8. The average Bonchev–Trinajstić information content (AvgIpc) is 3.32. The molecule has 1 aliphatic heterocycles. The Morgan fingerprint density at radius 2 is 1.93 bits per heavy atom. The van der Waals surface area contributed by atoms with Crippen molar-refractivity contribution in [3.63, 3.8) is 0 Å². The van der Waals surface area contributed by atoms with Crippen LogP contribution < -0.4 is 19.0 Å². The Labute approximate surface area is 176 Å². The molecular weight excluding hydrogens is 408 g/mol. The maximum Gasteiger partial charge on any atom is 0.326 e. The van der Waals surface area contributed by atoms with Crippen molar-refractivity contribution in [3.05, 3.63) is 46.8 Å². The molecule has 1 aliphatic rings. The van der Waals surface area contributed by atoms with Crippen molar-refractivity contribution in [2.75, 3.05) is 20.0 Å². The van der Waals surface area contributed by atoms with E-state index < -0.39 is 11.9 Å². The monoisotopic (exact) mass is 428 g/mol. The number of nitrogens with zero attached hydrogens (tertiary/aromatic N) is 2. The highest BCUT2D eigenvalue weighted by molar-refractivity contribution is 7.16. The predicted octanol–water partition coefficient (Wildman–Crippen LogP) is 3.13. The van der Waals surface area contributed by atoms with Gasteiger partial charge in [0.2, 0.25) is 6.79 Å². The largest absolute Gasteiger partial charge is 0.494 e. The lowest BCUT2D eigenvalue weighted by Gasteiger charge is -2.06. The topological polar surface area (TPSA) is 88.4 Å². The van der Waals surface area contributed by atoms with Crippen molar-refractivity contribution in [1.29, 1.82) is 0 Å². The van der Waals surface area contributed by atoms with Gasteiger partial charge in [0, 0.05) is 5.56 Å². The third-order valence-electron chi connectivity index (χ3n) is 4.37. The molecular formula is C21H20N2O6S. The summed E-state index contributed by atoms with van der Waals surface area (Å²) in [6.07, 6.45) is 0. The van der Waals surface area contributed by atoms with E-state index in [0.29, 0.717) is 34.2 Å². The van der Waals surface area contributed by atoms with E-state index in [-0.39, 0.29) is 19.9 Å². The second kappa shape index (κ2) is 8.58. The minimum Gasteiger partial charge on any atom is -0.494 e. The number of amides is 1. The fourth-order valence-electron chi connectivity index (χ4n) is 3.06. The third kappa shape index (κ3) is 4.02. The van der Waals surface area contributed by atoms with Crippen molar-refractivity contribution in [3.8, 4) is 17.2 Å². The first-order valence-corrected chi connectivity index (χ1v) is 10.3. The summed E-state index contributed by atoms with van der Waals surface area (Å²) in [5.74, 6) is 0.969. The zero-order valence-corrected chi connectivity index (χ0v) is 17.4. The number of carbonyl (C=O) groups is 2. The number of thiazole rings is 1. The quantitative estimate of drug-likeness (QED) is 0.561. The van der Waals surface area contributed by atoms with Crippen molar-refractivity contribution >= 4 is 33.4 Å². The van der Waals surface area contributed by atoms with E-state index in [1.807, 2.05) is 25.1 Å². The number of hydrogen-bond acceptors (Lipinski definition) is 7. The van der Waals surface area contributed by atoms with Gasteiger partial charge in [-0.25, -0.2) is 0 Å². The van der Waals surface area contributed by atoms with Crippen LogP contribution in [-0.2, 0) is 16.1 Å². The molecule has 0 spiro atoms. The molecule has 8 nitrogen and oxygen atoms in total. The zero-order chi connectivity index (χ0) is 21.1. The van der Waals surface area contributed by atoms with Gasteiger partial charge in [-0.05, 0) is 50.2 Å². The van der Waals surface area contributed by atoms with Crippen LogP contribution in [0.2, 0.25) is 0 Å². The first-order valence-electron chi connectivity index (χ1n) is 9.49. The Morgan fingerprint density at radius 3 is 2.73 bits per heavy atom. The number of carbonyl (C=O) groups excluding carboxylic acids is 2. The molecule has 0 saturated carbocycles. The van der Waals surface area contributed by atoms with Gasteiger partial charge in [0.1, 0.15) is 12.3 Å². The van der Waals surface area contributed by atoms with Crippen LogP contribution in [0, 0.1) is 0 Å². The minimum atomic E-state index is -0.442. The maximum atomic E-state index is 12.8. The minimum absolute atomic E-state index is 0.0466. The standard InChI is InChI=1S/C21H20N2O6S/c1-3-26-14-6-7-15-18(10-14)30-21(23(15)11-19(24)27-4-2)22-20(25)13-5-8-16-17(9-13)29-12-28-16/h5-10H,3-4,11-12H2,1-2H3. The zero-order valence-electron chi connectivity index (χ0n) is 16.5. The lowest BCUT2D eigenvalue weighted by atomic mass is 10.2. The van der Waals surface area contributed by atoms with Crippen LogP contribution in [0.4, 0.5) is 0 Å². The summed E-state index contributed by atoms with van der Waals surface area (Å²) in [4.78, 5) is 29.6. The van der Waals surface area contributed by atoms with E-state index in [0.717, 1.165) is 10.2 Å². The predicted molar refractivity (Wildman–Crippen MR) is 110 cm³/mol. The van der Waals surface area contributed by atoms with Crippen molar-refractivity contribution in [2.45, 2.75) is 20.4 Å². The molecule has 0 saturated heterocycles. The highest BCUT2D eigenvalue weighted by Gasteiger charge is 2.17. The molecule has 156 valence electrons. The smallest absolute Gasteiger partial charge is 0.326 e. The van der Waals surface area contributed by atoms with Gasteiger partial charge in [-0.3, -0.25) is 9.59 Å². The first-order chi connectivity index (χ1) is 14.6. The summed E-state index contributed by atoms with van der Waals surface area (Å²) in [6, 6.07) is 10.5. The van der Waals surface area contributed by atoms with Gasteiger partial charge in [-0.2, -0.15) is 4.99 Å². The van der Waals surface area contributed by atoms with E-state index >= 15 is 0 Å². The molecule has 30 heavy (non-hydrogen) atoms.